The van der Waals surface area contributed by atoms with E-state index in [2.05, 4.69) is 0 Å². The van der Waals surface area contributed by atoms with Gasteiger partial charge in [-0.15, -0.1) is 0 Å². The van der Waals surface area contributed by atoms with E-state index in [0.29, 0.717) is 5.57 Å². The fraction of sp³-hybridized carbons (Fsp3) is 0.621. The Bertz CT molecular complexity index is 1300. The largest absolute Gasteiger partial charge is 0.455 e. The maximum absolute atomic E-state index is 14.3. The molecule has 9 atom stereocenters. The zero-order chi connectivity index (χ0) is 28.7. The molecule has 2 bridgehead atoms. The number of ketones is 1. The molecule has 3 aliphatic carbocycles. The van der Waals surface area contributed by atoms with E-state index in [9.17, 15) is 34.8 Å². The molecule has 1 aromatic rings. The van der Waals surface area contributed by atoms with Crippen LogP contribution >= 0.6 is 0 Å². The van der Waals surface area contributed by atoms with Crippen LogP contribution in [0, 0.1) is 16.7 Å². The number of aliphatic hydroxyl groups is 4. The molecule has 1 saturated heterocycles. The summed E-state index contributed by atoms with van der Waals surface area (Å²) >= 11 is 0. The van der Waals surface area contributed by atoms with Crippen molar-refractivity contribution in [2.24, 2.45) is 16.7 Å². The molecule has 4 aliphatic rings. The first-order chi connectivity index (χ1) is 18.1. The number of carbonyl (C=O) groups excluding carboxylic acids is 3. The minimum Gasteiger partial charge on any atom is -0.455 e. The third-order valence-electron chi connectivity index (χ3n) is 9.95. The molecule has 1 aromatic carbocycles. The van der Waals surface area contributed by atoms with Crippen molar-refractivity contribution in [2.75, 3.05) is 6.61 Å². The summed E-state index contributed by atoms with van der Waals surface area (Å²) in [6.45, 7) is 7.29. The number of carbonyl (C=O) groups is 3. The van der Waals surface area contributed by atoms with Crippen LogP contribution in [-0.2, 0) is 776 Å². The van der Waals surface area contributed by atoms with Gasteiger partial charge in [-0.3, -0.25) is 9.59 Å². The predicted molar refractivity (Wildman–Crippen MR) is 135 cm³/mol. The molecule has 281 valence electrons. The van der Waals surface area contributed by atoms with Crippen molar-refractivity contribution in [2.45, 2.75) is 89.2 Å². The van der Waals surface area contributed by atoms with Gasteiger partial charge in [-0.05, 0) is 37.1 Å². The van der Waals surface area contributed by atoms with Crippen molar-refractivity contribution in [1.82, 2.24) is 0 Å². The number of rotatable bonds is 3. The number of Topliss-reactive ketones (excluding diaryl/α,β-unsaturated/α-hetero) is 1. The normalized spacial score (nSPS) is 26.9. The predicted octanol–water partition coefficient (Wildman–Crippen LogP) is 1.02. The van der Waals surface area contributed by atoms with Crippen molar-refractivity contribution >= 4 is 17.7 Å². The van der Waals surface area contributed by atoms with Gasteiger partial charge in [0.25, 0.3) is 0 Å². The maximum Gasteiger partial charge on any atom is 0.338 e. The third-order valence-corrected chi connectivity index (χ3v) is 9.95. The van der Waals surface area contributed by atoms with Crippen LogP contribution in [0.15, 0.2) is 41.5 Å². The van der Waals surface area contributed by atoms with Gasteiger partial charge in [0.2, 0.25) is 0 Å². The quantitative estimate of drug-likeness (QED) is 0.255. The second-order valence-electron chi connectivity index (χ2n) is 12.2. The smallest absolute Gasteiger partial charge is 0.338 e. The minimum absolute atomic E-state index is 0. The van der Waals surface area contributed by atoms with E-state index in [1.54, 1.807) is 39.0 Å². The summed E-state index contributed by atoms with van der Waals surface area (Å²) in [5.74, 6) is -3.60. The third kappa shape index (κ3) is 32.9. The molecule has 62 heavy (non-hydrogen) atoms. The molecule has 1 heterocycles. The van der Waals surface area contributed by atoms with Crippen LogP contribution in [0.4, 0.5) is 0 Å². The van der Waals surface area contributed by atoms with Crippen molar-refractivity contribution < 1.29 is 801 Å². The number of aliphatic hydroxyl groups excluding tert-OH is 3. The van der Waals surface area contributed by atoms with Crippen LogP contribution in [-0.4, -0.2) is 86.5 Å². The number of hydrogen-bond acceptors (Lipinski definition) is 10. The summed E-state index contributed by atoms with van der Waals surface area (Å²) in [5.41, 5.74) is -6.24. The molecule has 4 N–H and O–H groups in total. The Labute approximate surface area is 948 Å². The molecular weight excluding hydrogens is 2550 g/mol. The minimum atomic E-state index is -2.07. The zero-order valence-electron chi connectivity index (χ0n) is 36.0. The van der Waals surface area contributed by atoms with E-state index in [1.807, 2.05) is 0 Å². The fourth-order valence-corrected chi connectivity index (χ4v) is 7.66. The van der Waals surface area contributed by atoms with Crippen LogP contribution in [0.3, 0.4) is 0 Å². The standard InChI is InChI=1S/C29H36O10.23Y/c1-14-17(31)12-29(36)24(38-25(35)16-9-7-6-8-10-16)22-27(5,23(34)21(33)20(14)26(29,3)4)18(32)11-19-28(22,13-37-19)39-15(2)30;;;;;;;;;;;;;;;;;;;;;;;/h6-10,17-19,21-22,24,31-33,36H,11-13H2,1-5H3;;;;;;;;;;;;;;;;;;;;;;;/t17-,18-,19+,21+,22-,24-,27+,28-,29+;;;;;;;;;;;;;;;;;;;;;;;/m0......................./s1. The topological polar surface area (TPSA) is 160 Å². The second kappa shape index (κ2) is 65.3. The van der Waals surface area contributed by atoms with E-state index in [4.69, 9.17) is 14.2 Å². The van der Waals surface area contributed by atoms with Gasteiger partial charge in [0, 0.05) is 777 Å². The summed E-state index contributed by atoms with van der Waals surface area (Å²) < 4.78 is 17.7. The van der Waals surface area contributed by atoms with E-state index in [0.717, 1.165) is 0 Å². The van der Waals surface area contributed by atoms with E-state index in [1.165, 1.54) is 26.0 Å². The first-order valence-electron chi connectivity index (χ1n) is 13.2. The zero-order valence-corrected chi connectivity index (χ0v) is 101. The van der Waals surface area contributed by atoms with Crippen LogP contribution in [0.2, 0.25) is 0 Å². The Kier molecular flexibility index (Phi) is 145. The number of hydrogen-bond donors (Lipinski definition) is 4. The summed E-state index contributed by atoms with van der Waals surface area (Å²) in [7, 11) is 0. The first kappa shape index (κ1) is 138. The van der Waals surface area contributed by atoms with Gasteiger partial charge in [0.1, 0.15) is 23.9 Å². The van der Waals surface area contributed by atoms with Crippen LogP contribution in [0.5, 0.6) is 0 Å². The summed E-state index contributed by atoms with van der Waals surface area (Å²) in [6.07, 6.45) is -7.26. The van der Waals surface area contributed by atoms with Gasteiger partial charge in [-0.25, -0.2) is 4.79 Å². The number of fused-ring (bicyclic) bond motifs is 5. The Morgan fingerprint density at radius 1 is 0.694 bits per heavy atom. The average Bonchev–Trinajstić information content (AvgIpc) is 2.87. The monoisotopic (exact) mass is 2590 g/mol. The molecule has 0 amide bonds. The van der Waals surface area contributed by atoms with Crippen molar-refractivity contribution in [1.29, 1.82) is 0 Å². The van der Waals surface area contributed by atoms with Crippen molar-refractivity contribution in [3.8, 4) is 0 Å². The number of benzene rings is 1. The molecule has 0 spiro atoms. The van der Waals surface area contributed by atoms with Gasteiger partial charge < -0.3 is 34.6 Å². The van der Waals surface area contributed by atoms with Crippen LogP contribution in [0.25, 0.3) is 0 Å². The molecule has 0 aromatic heterocycles. The molecule has 1 aliphatic heterocycles. The Hall–Kier alpha value is 22.8. The van der Waals surface area contributed by atoms with Gasteiger partial charge in [-0.2, -0.15) is 0 Å². The van der Waals surface area contributed by atoms with E-state index in [-0.39, 0.29) is 783 Å². The average molecular weight is 2590 g/mol. The molecule has 5 rings (SSSR count). The van der Waals surface area contributed by atoms with Gasteiger partial charge in [-0.1, -0.05) is 32.0 Å². The second-order valence-corrected chi connectivity index (χ2v) is 12.2. The van der Waals surface area contributed by atoms with Crippen LogP contribution in [0.1, 0.15) is 57.8 Å². The van der Waals surface area contributed by atoms with E-state index >= 15 is 0 Å². The van der Waals surface area contributed by atoms with Gasteiger partial charge in [0.05, 0.1) is 35.7 Å². The van der Waals surface area contributed by atoms with E-state index < -0.39 is 76.2 Å². The molecule has 33 heteroatoms. The molecule has 23 radical (unpaired) electrons. The van der Waals surface area contributed by atoms with Crippen molar-refractivity contribution in [3.63, 3.8) is 0 Å². The first-order valence-corrected chi connectivity index (χ1v) is 13.2. The summed E-state index contributed by atoms with van der Waals surface area (Å²) in [4.78, 5) is 40.3. The maximum atomic E-state index is 14.3. The number of ether oxygens (including phenoxy) is 3. The molecule has 0 unspecified atom stereocenters. The Balaban J connectivity index is -0.0000000473. The SMILES string of the molecule is CC(=O)O[C@@]12CO[C@@H]1C[C@H](O)[C@@]1(C)C(=O)[C@H](O)C3=C(C)[C@@H](O)C[C@@](O)([C@@H](OC(=O)c4ccccc4)[C@H]21)C3(C)C.[Y].[Y].[Y].[Y].[Y].[Y].[Y].[Y].[Y].[Y].[Y].[Y].[Y].[Y].[Y].[Y].[Y].[Y].[Y].[Y].[Y].[Y].[Y]. The molecule has 10 nitrogen and oxygen atoms in total. The summed E-state index contributed by atoms with van der Waals surface area (Å²) in [6, 6.07) is 8.08. The van der Waals surface area contributed by atoms with Gasteiger partial charge in [0.15, 0.2) is 11.4 Å². The van der Waals surface area contributed by atoms with Crippen LogP contribution < -0.4 is 0 Å². The molecular formula is C29H36O10Y23. The van der Waals surface area contributed by atoms with Crippen molar-refractivity contribution in [3.05, 3.63) is 47.0 Å². The molecule has 3 fully saturated rings. The molecule has 2 saturated carbocycles. The Morgan fingerprint density at radius 2 is 1.10 bits per heavy atom. The fourth-order valence-electron chi connectivity index (χ4n) is 7.66. The van der Waals surface area contributed by atoms with Gasteiger partial charge >= 0.3 is 11.9 Å². The summed E-state index contributed by atoms with van der Waals surface area (Å²) in [5, 5.41) is 46.7. The Morgan fingerprint density at radius 3 is 1.45 bits per heavy atom. The number of esters is 2.